The molecule has 2 rings (SSSR count). The number of nitrogens with one attached hydrogen (secondary N) is 1. The van der Waals surface area contributed by atoms with E-state index < -0.39 is 5.54 Å². The number of anilines is 1. The van der Waals surface area contributed by atoms with Crippen molar-refractivity contribution in [2.45, 2.75) is 19.4 Å². The molecule has 2 aromatic rings. The van der Waals surface area contributed by atoms with Crippen molar-refractivity contribution in [3.8, 4) is 0 Å². The summed E-state index contributed by atoms with van der Waals surface area (Å²) in [6, 6.07) is 13.4. The number of aliphatic hydroxyl groups is 1. The first kappa shape index (κ1) is 14.3. The predicted molar refractivity (Wildman–Crippen MR) is 81.9 cm³/mol. The largest absolute Gasteiger partial charge is 0.394 e. The lowest BCUT2D eigenvalue weighted by Crippen LogP contribution is -2.49. The standard InChI is InChI=1S/C16H20N2O2/c1-16(2,11-19)18(3)15(20)17-14-10-6-8-12-7-4-5-9-13(12)14/h4-10,19H,11H2,1-3H3,(H,17,20). The monoisotopic (exact) mass is 272 g/mol. The van der Waals surface area contributed by atoms with Crippen LogP contribution in [0.1, 0.15) is 13.8 Å². The Balaban J connectivity index is 2.27. The van der Waals surface area contributed by atoms with Crippen molar-refractivity contribution in [2.24, 2.45) is 0 Å². The molecule has 4 nitrogen and oxygen atoms in total. The van der Waals surface area contributed by atoms with Crippen LogP contribution in [0.2, 0.25) is 0 Å². The number of carbonyl (C=O) groups excluding carboxylic acids is 1. The molecule has 2 aromatic carbocycles. The number of amides is 2. The maximum absolute atomic E-state index is 12.3. The first-order valence-corrected chi connectivity index (χ1v) is 6.59. The van der Waals surface area contributed by atoms with E-state index in [1.807, 2.05) is 56.3 Å². The summed E-state index contributed by atoms with van der Waals surface area (Å²) in [6.45, 7) is 3.54. The molecule has 0 aromatic heterocycles. The topological polar surface area (TPSA) is 52.6 Å². The molecule has 0 atom stereocenters. The molecule has 0 fully saturated rings. The van der Waals surface area contributed by atoms with E-state index in [9.17, 15) is 9.90 Å². The van der Waals surface area contributed by atoms with Gasteiger partial charge in [0.15, 0.2) is 0 Å². The fourth-order valence-electron chi connectivity index (χ4n) is 1.91. The second-order valence-electron chi connectivity index (χ2n) is 5.49. The average Bonchev–Trinajstić information content (AvgIpc) is 2.46. The van der Waals surface area contributed by atoms with Crippen molar-refractivity contribution in [3.05, 3.63) is 42.5 Å². The number of nitrogens with zero attached hydrogens (tertiary/aromatic N) is 1. The van der Waals surface area contributed by atoms with Crippen LogP contribution in [0.3, 0.4) is 0 Å². The van der Waals surface area contributed by atoms with Crippen molar-refractivity contribution >= 4 is 22.5 Å². The summed E-state index contributed by atoms with van der Waals surface area (Å²) < 4.78 is 0. The van der Waals surface area contributed by atoms with Crippen LogP contribution < -0.4 is 5.32 Å². The Morgan fingerprint density at radius 1 is 1.20 bits per heavy atom. The minimum Gasteiger partial charge on any atom is -0.394 e. The van der Waals surface area contributed by atoms with Crippen LogP contribution in [-0.2, 0) is 0 Å². The van der Waals surface area contributed by atoms with Crippen LogP contribution in [-0.4, -0.2) is 35.2 Å². The Labute approximate surface area is 119 Å². The zero-order valence-electron chi connectivity index (χ0n) is 12.1. The molecule has 106 valence electrons. The summed E-state index contributed by atoms with van der Waals surface area (Å²) in [5.74, 6) is 0. The zero-order chi connectivity index (χ0) is 14.8. The molecule has 0 unspecified atom stereocenters. The van der Waals surface area contributed by atoms with Gasteiger partial charge in [-0.3, -0.25) is 0 Å². The highest BCUT2D eigenvalue weighted by atomic mass is 16.3. The third kappa shape index (κ3) is 2.75. The Kier molecular flexibility index (Phi) is 3.95. The number of hydrogen-bond acceptors (Lipinski definition) is 2. The van der Waals surface area contributed by atoms with Gasteiger partial charge in [0.2, 0.25) is 0 Å². The lowest BCUT2D eigenvalue weighted by atomic mass is 10.1. The van der Waals surface area contributed by atoms with Crippen LogP contribution in [0.15, 0.2) is 42.5 Å². The highest BCUT2D eigenvalue weighted by Gasteiger charge is 2.26. The van der Waals surface area contributed by atoms with Gasteiger partial charge in [-0.25, -0.2) is 4.79 Å². The predicted octanol–water partition coefficient (Wildman–Crippen LogP) is 3.07. The normalized spacial score (nSPS) is 11.4. The van der Waals surface area contributed by atoms with Gasteiger partial charge in [-0.2, -0.15) is 0 Å². The van der Waals surface area contributed by atoms with E-state index in [-0.39, 0.29) is 12.6 Å². The summed E-state index contributed by atoms with van der Waals surface area (Å²) in [6.07, 6.45) is 0. The fraction of sp³-hybridized carbons (Fsp3) is 0.312. The van der Waals surface area contributed by atoms with E-state index in [0.29, 0.717) is 0 Å². The molecular weight excluding hydrogens is 252 g/mol. The highest BCUT2D eigenvalue weighted by Crippen LogP contribution is 2.24. The molecule has 0 heterocycles. The van der Waals surface area contributed by atoms with Crippen LogP contribution in [0.4, 0.5) is 10.5 Å². The Morgan fingerprint density at radius 3 is 2.55 bits per heavy atom. The number of carbonyl (C=O) groups is 1. The van der Waals surface area contributed by atoms with E-state index in [1.165, 1.54) is 4.90 Å². The third-order valence-electron chi connectivity index (χ3n) is 3.63. The quantitative estimate of drug-likeness (QED) is 0.902. The molecule has 0 spiro atoms. The summed E-state index contributed by atoms with van der Waals surface area (Å²) in [4.78, 5) is 13.8. The van der Waals surface area contributed by atoms with Crippen molar-refractivity contribution in [3.63, 3.8) is 0 Å². The van der Waals surface area contributed by atoms with Gasteiger partial charge in [-0.15, -0.1) is 0 Å². The summed E-state index contributed by atoms with van der Waals surface area (Å²) in [5.41, 5.74) is 0.169. The third-order valence-corrected chi connectivity index (χ3v) is 3.63. The average molecular weight is 272 g/mol. The van der Waals surface area contributed by atoms with Gasteiger partial charge in [-0.1, -0.05) is 36.4 Å². The minimum atomic E-state index is -0.603. The molecule has 0 aliphatic heterocycles. The molecule has 0 radical (unpaired) electrons. The number of aliphatic hydroxyl groups excluding tert-OH is 1. The lowest BCUT2D eigenvalue weighted by molar-refractivity contribution is 0.104. The smallest absolute Gasteiger partial charge is 0.322 e. The maximum Gasteiger partial charge on any atom is 0.322 e. The molecule has 20 heavy (non-hydrogen) atoms. The van der Waals surface area contributed by atoms with Crippen LogP contribution in [0, 0.1) is 0 Å². The number of rotatable bonds is 3. The van der Waals surface area contributed by atoms with E-state index in [2.05, 4.69) is 5.32 Å². The molecule has 0 aliphatic rings. The van der Waals surface area contributed by atoms with Crippen molar-refractivity contribution in [1.29, 1.82) is 0 Å². The number of urea groups is 1. The van der Waals surface area contributed by atoms with Crippen molar-refractivity contribution in [1.82, 2.24) is 4.90 Å². The highest BCUT2D eigenvalue weighted by molar-refractivity contribution is 6.01. The van der Waals surface area contributed by atoms with Gasteiger partial charge >= 0.3 is 6.03 Å². The van der Waals surface area contributed by atoms with E-state index >= 15 is 0 Å². The maximum atomic E-state index is 12.3. The molecule has 4 heteroatoms. The summed E-state index contributed by atoms with van der Waals surface area (Å²) >= 11 is 0. The van der Waals surface area contributed by atoms with Crippen LogP contribution >= 0.6 is 0 Å². The van der Waals surface area contributed by atoms with Gasteiger partial charge in [-0.05, 0) is 25.3 Å². The molecule has 0 bridgehead atoms. The molecule has 2 N–H and O–H groups in total. The van der Waals surface area contributed by atoms with Gasteiger partial charge in [0.05, 0.1) is 17.8 Å². The van der Waals surface area contributed by atoms with Gasteiger partial charge < -0.3 is 15.3 Å². The molecule has 0 aliphatic carbocycles. The Hall–Kier alpha value is -2.07. The number of likely N-dealkylation sites (N-methyl/N-ethyl adjacent to an activating group) is 1. The molecule has 2 amide bonds. The summed E-state index contributed by atoms with van der Waals surface area (Å²) in [5, 5.41) is 14.3. The SMILES string of the molecule is CN(C(=O)Nc1cccc2ccccc12)C(C)(C)CO. The molecule has 0 saturated heterocycles. The van der Waals surface area contributed by atoms with Gasteiger partial charge in [0.25, 0.3) is 0 Å². The second kappa shape index (κ2) is 5.51. The summed E-state index contributed by atoms with van der Waals surface area (Å²) in [7, 11) is 1.68. The van der Waals surface area contributed by atoms with Crippen LogP contribution in [0.25, 0.3) is 10.8 Å². The fourth-order valence-corrected chi connectivity index (χ4v) is 1.91. The van der Waals surface area contributed by atoms with E-state index in [0.717, 1.165) is 16.5 Å². The minimum absolute atomic E-state index is 0.0908. The first-order chi connectivity index (χ1) is 9.45. The zero-order valence-corrected chi connectivity index (χ0v) is 12.1. The molecule has 0 saturated carbocycles. The number of benzene rings is 2. The first-order valence-electron chi connectivity index (χ1n) is 6.59. The van der Waals surface area contributed by atoms with E-state index in [4.69, 9.17) is 0 Å². The number of hydrogen-bond donors (Lipinski definition) is 2. The van der Waals surface area contributed by atoms with Gasteiger partial charge in [0, 0.05) is 12.4 Å². The van der Waals surface area contributed by atoms with Gasteiger partial charge in [0.1, 0.15) is 0 Å². The van der Waals surface area contributed by atoms with E-state index in [1.54, 1.807) is 7.05 Å². The van der Waals surface area contributed by atoms with Crippen molar-refractivity contribution < 1.29 is 9.90 Å². The van der Waals surface area contributed by atoms with Crippen LogP contribution in [0.5, 0.6) is 0 Å². The lowest BCUT2D eigenvalue weighted by Gasteiger charge is -2.33. The van der Waals surface area contributed by atoms with Crippen molar-refractivity contribution in [2.75, 3.05) is 19.0 Å². The number of fused-ring (bicyclic) bond motifs is 1. The second-order valence-corrected chi connectivity index (χ2v) is 5.49. The Morgan fingerprint density at radius 2 is 1.85 bits per heavy atom. The Bertz CT molecular complexity index is 617. The molecular formula is C16H20N2O2.